The summed E-state index contributed by atoms with van der Waals surface area (Å²) >= 11 is 0. The second-order valence-corrected chi connectivity index (χ2v) is 13.0. The molecule has 3 atom stereocenters. The molecule has 2 fully saturated rings. The van der Waals surface area contributed by atoms with Crippen molar-refractivity contribution in [2.75, 3.05) is 29.6 Å². The van der Waals surface area contributed by atoms with Gasteiger partial charge < -0.3 is 9.64 Å². The maximum atomic E-state index is 14.9. The predicted octanol–water partition coefficient (Wildman–Crippen LogP) is 4.20. The summed E-state index contributed by atoms with van der Waals surface area (Å²) in [4.78, 5) is 25.2. The van der Waals surface area contributed by atoms with Crippen LogP contribution in [0.3, 0.4) is 0 Å². The minimum atomic E-state index is -3.66. The lowest BCUT2D eigenvalue weighted by molar-refractivity contribution is 0.0589. The molecule has 2 heterocycles. The number of amides is 1. The van der Waals surface area contributed by atoms with Crippen LogP contribution in [0.25, 0.3) is 11.1 Å². The van der Waals surface area contributed by atoms with E-state index in [1.807, 2.05) is 0 Å². The number of hydrogen-bond donors (Lipinski definition) is 0. The summed E-state index contributed by atoms with van der Waals surface area (Å²) in [6.07, 6.45) is 2.82. The van der Waals surface area contributed by atoms with E-state index in [9.17, 15) is 17.6 Å². The zero-order chi connectivity index (χ0) is 25.4. The van der Waals surface area contributed by atoms with E-state index in [4.69, 9.17) is 4.74 Å². The maximum absolute atomic E-state index is 14.9. The Morgan fingerprint density at radius 2 is 1.94 bits per heavy atom. The largest absolute Gasteiger partial charge is 0.443 e. The SMILES string of the molecule is C[C@@H]1CC2C[C@@H]1CN2c1nc(S(C)(=O)=O)nc2c1-c1cc(F)cc(N(C)C(=O)OC(C)(C)C)c1C2. The number of sulfone groups is 1. The summed E-state index contributed by atoms with van der Waals surface area (Å²) in [6.45, 7) is 8.34. The van der Waals surface area contributed by atoms with E-state index in [1.165, 1.54) is 17.0 Å². The summed E-state index contributed by atoms with van der Waals surface area (Å²) in [5.41, 5.74) is 2.15. The molecular formula is C25H31FN4O4S. The number of hydrogen-bond acceptors (Lipinski definition) is 7. The van der Waals surface area contributed by atoms with E-state index in [0.29, 0.717) is 45.7 Å². The molecule has 2 bridgehead atoms. The van der Waals surface area contributed by atoms with Crippen molar-refractivity contribution in [2.45, 2.75) is 63.8 Å². The molecule has 188 valence electrons. The first kappa shape index (κ1) is 24.0. The van der Waals surface area contributed by atoms with Gasteiger partial charge in [-0.05, 0) is 68.7 Å². The molecule has 1 aromatic heterocycles. The molecule has 0 radical (unpaired) electrons. The number of rotatable bonds is 3. The summed E-state index contributed by atoms with van der Waals surface area (Å²) in [6, 6.07) is 3.00. The maximum Gasteiger partial charge on any atom is 0.414 e. The number of piperidine rings is 1. The molecule has 5 rings (SSSR count). The van der Waals surface area contributed by atoms with E-state index < -0.39 is 27.3 Å². The summed E-state index contributed by atoms with van der Waals surface area (Å²) in [5.74, 6) is 1.18. The number of benzene rings is 1. The minimum Gasteiger partial charge on any atom is -0.443 e. The van der Waals surface area contributed by atoms with Gasteiger partial charge in [-0.25, -0.2) is 27.6 Å². The predicted molar refractivity (Wildman–Crippen MR) is 131 cm³/mol. The first-order valence-electron chi connectivity index (χ1n) is 11.9. The third-order valence-corrected chi connectivity index (χ3v) is 8.12. The second-order valence-electron chi connectivity index (χ2n) is 11.1. The van der Waals surface area contributed by atoms with Crippen LogP contribution in [-0.4, -0.2) is 56.0 Å². The summed E-state index contributed by atoms with van der Waals surface area (Å²) in [5, 5.41) is -0.225. The Labute approximate surface area is 205 Å². The van der Waals surface area contributed by atoms with Crippen molar-refractivity contribution in [1.82, 2.24) is 9.97 Å². The van der Waals surface area contributed by atoms with Crippen molar-refractivity contribution in [2.24, 2.45) is 11.8 Å². The zero-order valence-corrected chi connectivity index (χ0v) is 21.7. The molecule has 1 amide bonds. The topological polar surface area (TPSA) is 92.7 Å². The number of halogens is 1. The average Bonchev–Trinajstić information content (AvgIpc) is 3.41. The molecule has 1 aromatic carbocycles. The molecule has 1 aliphatic heterocycles. The fourth-order valence-electron chi connectivity index (χ4n) is 5.65. The Balaban J connectivity index is 1.65. The van der Waals surface area contributed by atoms with Gasteiger partial charge in [0.2, 0.25) is 15.0 Å². The number of aromatic nitrogens is 2. The highest BCUT2D eigenvalue weighted by Crippen LogP contribution is 2.50. The fourth-order valence-corrected chi connectivity index (χ4v) is 6.17. The van der Waals surface area contributed by atoms with Gasteiger partial charge in [-0.15, -0.1) is 0 Å². The van der Waals surface area contributed by atoms with Crippen LogP contribution in [0.15, 0.2) is 17.3 Å². The molecule has 35 heavy (non-hydrogen) atoms. The monoisotopic (exact) mass is 502 g/mol. The lowest BCUT2D eigenvalue weighted by Gasteiger charge is -2.32. The van der Waals surface area contributed by atoms with Crippen LogP contribution in [0, 0.1) is 17.7 Å². The third kappa shape index (κ3) is 4.15. The number of ether oxygens (including phenoxy) is 1. The van der Waals surface area contributed by atoms with Gasteiger partial charge in [0.1, 0.15) is 17.2 Å². The van der Waals surface area contributed by atoms with Crippen molar-refractivity contribution in [3.8, 4) is 11.1 Å². The summed E-state index contributed by atoms with van der Waals surface area (Å²) in [7, 11) is -2.12. The molecule has 1 saturated carbocycles. The molecule has 8 nitrogen and oxygen atoms in total. The molecule has 0 spiro atoms. The van der Waals surface area contributed by atoms with Gasteiger partial charge in [-0.1, -0.05) is 6.92 Å². The molecule has 0 N–H and O–H groups in total. The minimum absolute atomic E-state index is 0.225. The van der Waals surface area contributed by atoms with Gasteiger partial charge in [0.05, 0.1) is 11.4 Å². The fraction of sp³-hybridized carbons (Fsp3) is 0.560. The van der Waals surface area contributed by atoms with Crippen LogP contribution in [-0.2, 0) is 21.0 Å². The Kier molecular flexibility index (Phi) is 5.39. The van der Waals surface area contributed by atoms with Crippen LogP contribution in [0.5, 0.6) is 0 Å². The van der Waals surface area contributed by atoms with Crippen molar-refractivity contribution in [3.63, 3.8) is 0 Å². The quantitative estimate of drug-likeness (QED) is 0.496. The highest BCUT2D eigenvalue weighted by atomic mass is 32.2. The van der Waals surface area contributed by atoms with Crippen LogP contribution < -0.4 is 9.80 Å². The average molecular weight is 503 g/mol. The number of carbonyl (C=O) groups excluding carboxylic acids is 1. The third-order valence-electron chi connectivity index (χ3n) is 7.28. The Morgan fingerprint density at radius 1 is 1.23 bits per heavy atom. The second kappa shape index (κ2) is 7.88. The Bertz CT molecular complexity index is 1340. The lowest BCUT2D eigenvalue weighted by atomic mass is 9.96. The first-order valence-corrected chi connectivity index (χ1v) is 13.8. The van der Waals surface area contributed by atoms with Crippen LogP contribution in [0.2, 0.25) is 0 Å². The van der Waals surface area contributed by atoms with Crippen molar-refractivity contribution < 1.29 is 22.3 Å². The molecule has 1 saturated heterocycles. The van der Waals surface area contributed by atoms with Crippen LogP contribution in [0.1, 0.15) is 51.8 Å². The molecule has 10 heteroatoms. The van der Waals surface area contributed by atoms with Crippen molar-refractivity contribution >= 4 is 27.4 Å². The Hall–Kier alpha value is -2.75. The first-order chi connectivity index (χ1) is 16.2. The number of anilines is 2. The molecule has 1 unspecified atom stereocenters. The van der Waals surface area contributed by atoms with Gasteiger partial charge in [0.25, 0.3) is 0 Å². The van der Waals surface area contributed by atoms with Gasteiger partial charge in [0.15, 0.2) is 0 Å². The standard InChI is InChI=1S/C25H31FN4O4S/c1-13-7-16-8-14(13)12-30(16)22-21-18-9-15(26)10-20(29(5)24(31)34-25(2,3)4)17(18)11-19(21)27-23(28-22)35(6,32)33/h9-10,13-14,16H,7-8,11-12H2,1-6H3/t13-,14-,16?/m1/s1. The van der Waals surface area contributed by atoms with Crippen LogP contribution in [0.4, 0.5) is 20.7 Å². The van der Waals surface area contributed by atoms with Gasteiger partial charge in [0, 0.05) is 37.9 Å². The number of fused-ring (bicyclic) bond motifs is 5. The van der Waals surface area contributed by atoms with Gasteiger partial charge in [-0.3, -0.25) is 4.90 Å². The molecule has 3 aliphatic rings. The Morgan fingerprint density at radius 3 is 2.51 bits per heavy atom. The summed E-state index contributed by atoms with van der Waals surface area (Å²) < 4.78 is 45.3. The number of nitrogens with zero attached hydrogens (tertiary/aromatic N) is 4. The van der Waals surface area contributed by atoms with Crippen molar-refractivity contribution in [1.29, 1.82) is 0 Å². The highest BCUT2D eigenvalue weighted by molar-refractivity contribution is 7.90. The molecule has 2 aliphatic carbocycles. The van der Waals surface area contributed by atoms with E-state index in [0.717, 1.165) is 25.6 Å². The van der Waals surface area contributed by atoms with Gasteiger partial charge in [-0.2, -0.15) is 0 Å². The smallest absolute Gasteiger partial charge is 0.414 e. The van der Waals surface area contributed by atoms with E-state index in [2.05, 4.69) is 21.8 Å². The molecule has 2 aromatic rings. The van der Waals surface area contributed by atoms with E-state index >= 15 is 0 Å². The molecular weight excluding hydrogens is 471 g/mol. The van der Waals surface area contributed by atoms with Crippen LogP contribution >= 0.6 is 0 Å². The van der Waals surface area contributed by atoms with E-state index in [-0.39, 0.29) is 17.6 Å². The van der Waals surface area contributed by atoms with Gasteiger partial charge >= 0.3 is 6.09 Å². The highest BCUT2D eigenvalue weighted by Gasteiger charge is 2.45. The lowest BCUT2D eigenvalue weighted by Crippen LogP contribution is -2.36. The zero-order valence-electron chi connectivity index (χ0n) is 20.9. The number of carbonyl (C=O) groups is 1. The van der Waals surface area contributed by atoms with Crippen molar-refractivity contribution in [3.05, 3.63) is 29.2 Å². The normalized spacial score (nSPS) is 22.8. The van der Waals surface area contributed by atoms with E-state index in [1.54, 1.807) is 27.8 Å².